The molecular weight excluding hydrogens is 416 g/mol. The quantitative estimate of drug-likeness (QED) is 0.544. The lowest BCUT2D eigenvalue weighted by Crippen LogP contribution is -2.35. The molecule has 0 saturated carbocycles. The number of nitrogens with zero attached hydrogens (tertiary/aromatic N) is 2. The Balaban J connectivity index is 1.62. The molecule has 0 unspecified atom stereocenters. The molecule has 7 heteroatoms. The summed E-state index contributed by atoms with van der Waals surface area (Å²) in [6.45, 7) is 10.3. The van der Waals surface area contributed by atoms with Gasteiger partial charge in [-0.25, -0.2) is 4.68 Å². The third-order valence-corrected chi connectivity index (χ3v) is 5.12. The van der Waals surface area contributed by atoms with Gasteiger partial charge in [-0.1, -0.05) is 68.8 Å². The van der Waals surface area contributed by atoms with Crippen molar-refractivity contribution in [2.45, 2.75) is 46.6 Å². The lowest BCUT2D eigenvalue weighted by atomic mass is 9.92. The maximum absolute atomic E-state index is 12.6. The largest absolute Gasteiger partial charge is 0.367 e. The highest BCUT2D eigenvalue weighted by molar-refractivity contribution is 5.94. The lowest BCUT2D eigenvalue weighted by Gasteiger charge is -2.14. The van der Waals surface area contributed by atoms with E-state index in [1.165, 1.54) is 0 Å². The van der Waals surface area contributed by atoms with Crippen LogP contribution in [0.25, 0.3) is 5.69 Å². The van der Waals surface area contributed by atoms with Crippen molar-refractivity contribution in [3.63, 3.8) is 0 Å². The SMILES string of the molecule is Cc1ccc(-n2nc(C(C)(C)C)cc2NC(=O)CNC(=O)COCc2ccccc2)c(C)c1. The van der Waals surface area contributed by atoms with Crippen LogP contribution in [0.4, 0.5) is 5.82 Å². The summed E-state index contributed by atoms with van der Waals surface area (Å²) in [5.74, 6) is -0.122. The van der Waals surface area contributed by atoms with E-state index in [-0.39, 0.29) is 30.4 Å². The summed E-state index contributed by atoms with van der Waals surface area (Å²) in [6.07, 6.45) is 0. The molecule has 7 nitrogen and oxygen atoms in total. The van der Waals surface area contributed by atoms with E-state index in [0.717, 1.165) is 28.1 Å². The summed E-state index contributed by atoms with van der Waals surface area (Å²) in [6, 6.07) is 17.6. The van der Waals surface area contributed by atoms with E-state index in [9.17, 15) is 9.59 Å². The number of hydrogen-bond donors (Lipinski definition) is 2. The van der Waals surface area contributed by atoms with E-state index < -0.39 is 0 Å². The van der Waals surface area contributed by atoms with Crippen LogP contribution in [-0.2, 0) is 26.3 Å². The van der Waals surface area contributed by atoms with Crippen LogP contribution in [0.2, 0.25) is 0 Å². The van der Waals surface area contributed by atoms with Gasteiger partial charge in [0.05, 0.1) is 24.5 Å². The molecule has 0 aliphatic carbocycles. The maximum Gasteiger partial charge on any atom is 0.246 e. The summed E-state index contributed by atoms with van der Waals surface area (Å²) in [7, 11) is 0. The fourth-order valence-corrected chi connectivity index (χ4v) is 3.32. The Morgan fingerprint density at radius 2 is 1.73 bits per heavy atom. The number of benzene rings is 2. The molecule has 0 atom stereocenters. The van der Waals surface area contributed by atoms with Gasteiger partial charge in [-0.15, -0.1) is 0 Å². The number of amides is 2. The Kier molecular flexibility index (Phi) is 7.66. The molecule has 0 bridgehead atoms. The van der Waals surface area contributed by atoms with Gasteiger partial charge in [-0.2, -0.15) is 5.10 Å². The van der Waals surface area contributed by atoms with Gasteiger partial charge in [0.25, 0.3) is 0 Å². The first-order chi connectivity index (χ1) is 15.6. The molecule has 2 aromatic carbocycles. The minimum atomic E-state index is -0.348. The van der Waals surface area contributed by atoms with Crippen molar-refractivity contribution in [1.82, 2.24) is 15.1 Å². The van der Waals surface area contributed by atoms with Crippen LogP contribution in [-0.4, -0.2) is 34.7 Å². The molecule has 1 aromatic heterocycles. The zero-order chi connectivity index (χ0) is 24.0. The molecule has 3 rings (SSSR count). The average Bonchev–Trinajstić information content (AvgIpc) is 3.17. The van der Waals surface area contributed by atoms with Crippen LogP contribution >= 0.6 is 0 Å². The van der Waals surface area contributed by atoms with E-state index in [4.69, 9.17) is 9.84 Å². The fourth-order valence-electron chi connectivity index (χ4n) is 3.32. The van der Waals surface area contributed by atoms with Crippen molar-refractivity contribution in [3.05, 3.63) is 77.0 Å². The van der Waals surface area contributed by atoms with E-state index in [0.29, 0.717) is 12.4 Å². The van der Waals surface area contributed by atoms with Gasteiger partial charge in [0.2, 0.25) is 11.8 Å². The molecule has 0 saturated heterocycles. The normalized spacial score (nSPS) is 11.3. The third-order valence-electron chi connectivity index (χ3n) is 5.12. The third kappa shape index (κ3) is 6.76. The van der Waals surface area contributed by atoms with E-state index >= 15 is 0 Å². The Morgan fingerprint density at radius 3 is 2.39 bits per heavy atom. The van der Waals surface area contributed by atoms with Crippen LogP contribution in [0, 0.1) is 13.8 Å². The van der Waals surface area contributed by atoms with Gasteiger partial charge in [0.15, 0.2) is 0 Å². The molecule has 0 radical (unpaired) electrons. The molecular formula is C26H32N4O3. The number of rotatable bonds is 8. The number of ether oxygens (including phenoxy) is 1. The number of hydrogen-bond acceptors (Lipinski definition) is 4. The predicted molar refractivity (Wildman–Crippen MR) is 129 cm³/mol. The summed E-state index contributed by atoms with van der Waals surface area (Å²) in [4.78, 5) is 24.6. The first kappa shape index (κ1) is 24.2. The first-order valence-corrected chi connectivity index (χ1v) is 11.0. The van der Waals surface area contributed by atoms with Crippen molar-refractivity contribution >= 4 is 17.6 Å². The van der Waals surface area contributed by atoms with Crippen molar-refractivity contribution in [1.29, 1.82) is 0 Å². The molecule has 2 amide bonds. The number of nitrogens with one attached hydrogen (secondary N) is 2. The van der Waals surface area contributed by atoms with Crippen molar-refractivity contribution in [3.8, 4) is 5.69 Å². The van der Waals surface area contributed by atoms with E-state index in [1.54, 1.807) is 4.68 Å². The van der Waals surface area contributed by atoms with Crippen LogP contribution in [0.5, 0.6) is 0 Å². The second-order valence-corrected chi connectivity index (χ2v) is 9.17. The molecule has 33 heavy (non-hydrogen) atoms. The standard InChI is InChI=1S/C26H32N4O3/c1-18-11-12-21(19(2)13-18)30-23(14-22(29-30)26(3,4)5)28-24(31)15-27-25(32)17-33-16-20-9-7-6-8-10-20/h6-14H,15-17H2,1-5H3,(H,27,32)(H,28,31). The minimum Gasteiger partial charge on any atom is -0.367 e. The Hall–Kier alpha value is -3.45. The Morgan fingerprint density at radius 1 is 1.00 bits per heavy atom. The molecule has 0 fully saturated rings. The topological polar surface area (TPSA) is 85.3 Å². The number of anilines is 1. The molecule has 3 aromatic rings. The second kappa shape index (κ2) is 10.4. The fraction of sp³-hybridized carbons (Fsp3) is 0.346. The molecule has 174 valence electrons. The average molecular weight is 449 g/mol. The van der Waals surface area contributed by atoms with Gasteiger partial charge in [0.1, 0.15) is 12.4 Å². The first-order valence-electron chi connectivity index (χ1n) is 11.0. The van der Waals surface area contributed by atoms with Crippen LogP contribution < -0.4 is 10.6 Å². The predicted octanol–water partition coefficient (Wildman–Crippen LogP) is 4.06. The molecule has 0 spiro atoms. The highest BCUT2D eigenvalue weighted by atomic mass is 16.5. The van der Waals surface area contributed by atoms with Crippen molar-refractivity contribution in [2.75, 3.05) is 18.5 Å². The Labute approximate surface area is 195 Å². The van der Waals surface area contributed by atoms with Gasteiger partial charge >= 0.3 is 0 Å². The van der Waals surface area contributed by atoms with E-state index in [1.807, 2.05) is 62.4 Å². The van der Waals surface area contributed by atoms with Crippen LogP contribution in [0.1, 0.15) is 43.2 Å². The van der Waals surface area contributed by atoms with Gasteiger partial charge in [-0.05, 0) is 31.0 Å². The lowest BCUT2D eigenvalue weighted by molar-refractivity contribution is -0.128. The highest BCUT2D eigenvalue weighted by Crippen LogP contribution is 2.27. The smallest absolute Gasteiger partial charge is 0.246 e. The Bertz CT molecular complexity index is 1110. The van der Waals surface area contributed by atoms with Gasteiger partial charge in [0, 0.05) is 11.5 Å². The number of aryl methyl sites for hydroxylation is 2. The van der Waals surface area contributed by atoms with Gasteiger partial charge in [-0.3, -0.25) is 9.59 Å². The summed E-state index contributed by atoms with van der Waals surface area (Å²) in [5.41, 5.74) is 4.76. The van der Waals surface area contributed by atoms with Gasteiger partial charge < -0.3 is 15.4 Å². The van der Waals surface area contributed by atoms with E-state index in [2.05, 4.69) is 37.5 Å². The van der Waals surface area contributed by atoms with Crippen LogP contribution in [0.3, 0.4) is 0 Å². The van der Waals surface area contributed by atoms with Crippen molar-refractivity contribution in [2.24, 2.45) is 0 Å². The summed E-state index contributed by atoms with van der Waals surface area (Å²) < 4.78 is 7.16. The van der Waals surface area contributed by atoms with Crippen LogP contribution in [0.15, 0.2) is 54.6 Å². The summed E-state index contributed by atoms with van der Waals surface area (Å²) in [5, 5.41) is 10.2. The number of carbonyl (C=O) groups is 2. The molecule has 2 N–H and O–H groups in total. The maximum atomic E-state index is 12.6. The minimum absolute atomic E-state index is 0.114. The monoisotopic (exact) mass is 448 g/mol. The molecule has 1 heterocycles. The molecule has 0 aliphatic heterocycles. The molecule has 0 aliphatic rings. The zero-order valence-corrected chi connectivity index (χ0v) is 19.9. The van der Waals surface area contributed by atoms with Crippen molar-refractivity contribution < 1.29 is 14.3 Å². The summed E-state index contributed by atoms with van der Waals surface area (Å²) >= 11 is 0. The second-order valence-electron chi connectivity index (χ2n) is 9.17. The number of aromatic nitrogens is 2. The zero-order valence-electron chi connectivity index (χ0n) is 19.9. The highest BCUT2D eigenvalue weighted by Gasteiger charge is 2.22. The number of carbonyl (C=O) groups excluding carboxylic acids is 2.